The molecule has 0 amide bonds. The number of ether oxygens (including phenoxy) is 2. The second kappa shape index (κ2) is 13.0. The highest BCUT2D eigenvalue weighted by molar-refractivity contribution is 5.95. The topological polar surface area (TPSA) is 52.6 Å². The fourth-order valence-corrected chi connectivity index (χ4v) is 5.49. The van der Waals surface area contributed by atoms with Gasteiger partial charge in [-0.1, -0.05) is 52.0 Å². The van der Waals surface area contributed by atoms with Gasteiger partial charge in [-0.2, -0.15) is 0 Å². The van der Waals surface area contributed by atoms with Gasteiger partial charge in [0, 0.05) is 0 Å². The summed E-state index contributed by atoms with van der Waals surface area (Å²) in [6, 6.07) is 6.82. The average molecular weight is 455 g/mol. The van der Waals surface area contributed by atoms with E-state index in [1.807, 2.05) is 0 Å². The Morgan fingerprint density at radius 1 is 0.909 bits per heavy atom. The van der Waals surface area contributed by atoms with Crippen molar-refractivity contribution in [3.63, 3.8) is 0 Å². The van der Waals surface area contributed by atoms with Crippen LogP contribution in [0.3, 0.4) is 0 Å². The summed E-state index contributed by atoms with van der Waals surface area (Å²) in [5.41, 5.74) is 0.997. The zero-order valence-corrected chi connectivity index (χ0v) is 20.7. The zero-order valence-electron chi connectivity index (χ0n) is 20.7. The van der Waals surface area contributed by atoms with Gasteiger partial charge in [0.25, 0.3) is 0 Å². The van der Waals surface area contributed by atoms with E-state index in [4.69, 9.17) is 9.47 Å². The molecule has 3 rings (SSSR count). The van der Waals surface area contributed by atoms with Gasteiger partial charge in [0.15, 0.2) is 12.4 Å². The van der Waals surface area contributed by atoms with E-state index in [0.717, 1.165) is 30.6 Å². The summed E-state index contributed by atoms with van der Waals surface area (Å²) in [7, 11) is 0. The Morgan fingerprint density at radius 2 is 1.52 bits per heavy atom. The molecule has 0 aliphatic heterocycles. The first-order valence-electron chi connectivity index (χ1n) is 13.1. The molecule has 1 aromatic carbocycles. The van der Waals surface area contributed by atoms with Crippen LogP contribution in [0.15, 0.2) is 36.4 Å². The van der Waals surface area contributed by atoms with Crippen LogP contribution in [-0.4, -0.2) is 24.5 Å². The third-order valence-corrected chi connectivity index (χ3v) is 7.70. The standard InChI is InChI=1S/C29H42O4/c1-4-5-6-7-22-8-10-23(11-9-22)24-12-18-27(19-13-24)33-29(31)25-14-16-26(17-15-25)32-20-28(30)21(2)3/h14-17,22-24,27H,2,4-13,18-20H2,1,3H3. The minimum Gasteiger partial charge on any atom is -0.485 e. The largest absolute Gasteiger partial charge is 0.485 e. The maximum Gasteiger partial charge on any atom is 0.338 e. The molecule has 0 heterocycles. The minimum atomic E-state index is -0.268. The van der Waals surface area contributed by atoms with Crippen LogP contribution in [0.5, 0.6) is 5.75 Å². The normalized spacial score (nSPS) is 25.3. The highest BCUT2D eigenvalue weighted by Gasteiger charge is 2.32. The van der Waals surface area contributed by atoms with Crippen LogP contribution >= 0.6 is 0 Å². The van der Waals surface area contributed by atoms with Crippen LogP contribution in [0.25, 0.3) is 0 Å². The molecule has 0 atom stereocenters. The molecule has 0 N–H and O–H groups in total. The number of rotatable bonds is 11. The van der Waals surface area contributed by atoms with Gasteiger partial charge in [-0.25, -0.2) is 4.79 Å². The van der Waals surface area contributed by atoms with E-state index >= 15 is 0 Å². The van der Waals surface area contributed by atoms with E-state index in [1.54, 1.807) is 31.2 Å². The van der Waals surface area contributed by atoms with Crippen LogP contribution in [-0.2, 0) is 9.53 Å². The summed E-state index contributed by atoms with van der Waals surface area (Å²) in [5.74, 6) is 2.82. The first kappa shape index (κ1) is 25.5. The van der Waals surface area contributed by atoms with Crippen molar-refractivity contribution in [2.24, 2.45) is 17.8 Å². The fourth-order valence-electron chi connectivity index (χ4n) is 5.49. The molecule has 0 bridgehead atoms. The number of carbonyl (C=O) groups is 2. The monoisotopic (exact) mass is 454 g/mol. The van der Waals surface area contributed by atoms with Crippen molar-refractivity contribution >= 4 is 11.8 Å². The number of Topliss-reactive ketones (excluding diaryl/α,β-unsaturated/α-hetero) is 1. The molecule has 2 aliphatic rings. The molecule has 0 radical (unpaired) electrons. The Hall–Kier alpha value is -2.10. The SMILES string of the molecule is C=C(C)C(=O)COc1ccc(C(=O)OC2CCC(C3CCC(CCCCC)CC3)CC2)cc1. The minimum absolute atomic E-state index is 0.0308. The van der Waals surface area contributed by atoms with Gasteiger partial charge in [0.05, 0.1) is 5.56 Å². The number of carbonyl (C=O) groups excluding carboxylic acids is 2. The molecule has 4 nitrogen and oxygen atoms in total. The van der Waals surface area contributed by atoms with Gasteiger partial charge in [-0.3, -0.25) is 4.79 Å². The van der Waals surface area contributed by atoms with E-state index in [2.05, 4.69) is 13.5 Å². The lowest BCUT2D eigenvalue weighted by Crippen LogP contribution is -2.29. The van der Waals surface area contributed by atoms with Crippen molar-refractivity contribution in [2.75, 3.05) is 6.61 Å². The molecule has 2 aliphatic carbocycles. The number of unbranched alkanes of at least 4 members (excludes halogenated alkanes) is 2. The fraction of sp³-hybridized carbons (Fsp3) is 0.655. The van der Waals surface area contributed by atoms with Crippen molar-refractivity contribution in [1.29, 1.82) is 0 Å². The molecule has 0 spiro atoms. The van der Waals surface area contributed by atoms with Gasteiger partial charge in [0.1, 0.15) is 11.9 Å². The number of hydrogen-bond acceptors (Lipinski definition) is 4. The van der Waals surface area contributed by atoms with Gasteiger partial charge in [-0.15, -0.1) is 0 Å². The summed E-state index contributed by atoms with van der Waals surface area (Å²) in [6.45, 7) is 7.53. The van der Waals surface area contributed by atoms with Crippen LogP contribution in [0.2, 0.25) is 0 Å². The Kier molecular flexibility index (Phi) is 10.0. The van der Waals surface area contributed by atoms with E-state index in [9.17, 15) is 9.59 Å². The summed E-state index contributed by atoms with van der Waals surface area (Å²) in [5, 5.41) is 0. The maximum atomic E-state index is 12.6. The molecule has 0 saturated heterocycles. The zero-order chi connectivity index (χ0) is 23.6. The molecular weight excluding hydrogens is 412 g/mol. The highest BCUT2D eigenvalue weighted by atomic mass is 16.5. The Labute approximate surface area is 200 Å². The second-order valence-electron chi connectivity index (χ2n) is 10.2. The van der Waals surface area contributed by atoms with E-state index < -0.39 is 0 Å². The number of hydrogen-bond donors (Lipinski definition) is 0. The van der Waals surface area contributed by atoms with E-state index in [-0.39, 0.29) is 24.5 Å². The lowest BCUT2D eigenvalue weighted by atomic mass is 9.70. The summed E-state index contributed by atoms with van der Waals surface area (Å²) in [6.07, 6.45) is 15.6. The van der Waals surface area contributed by atoms with Crippen LogP contribution in [0, 0.1) is 17.8 Å². The number of benzene rings is 1. The van der Waals surface area contributed by atoms with Gasteiger partial charge >= 0.3 is 5.97 Å². The summed E-state index contributed by atoms with van der Waals surface area (Å²) in [4.78, 5) is 24.2. The van der Waals surface area contributed by atoms with Crippen molar-refractivity contribution < 1.29 is 19.1 Å². The molecule has 4 heteroatoms. The number of ketones is 1. The van der Waals surface area contributed by atoms with E-state index in [1.165, 1.54) is 64.2 Å². The molecular formula is C29H42O4. The summed E-state index contributed by atoms with van der Waals surface area (Å²) >= 11 is 0. The van der Waals surface area contributed by atoms with Crippen molar-refractivity contribution in [3.05, 3.63) is 42.0 Å². The van der Waals surface area contributed by atoms with Gasteiger partial charge in [0.2, 0.25) is 0 Å². The molecule has 0 unspecified atom stereocenters. The maximum absolute atomic E-state index is 12.6. The number of esters is 1. The van der Waals surface area contributed by atoms with Gasteiger partial charge < -0.3 is 9.47 Å². The van der Waals surface area contributed by atoms with Crippen LogP contribution in [0.4, 0.5) is 0 Å². The molecule has 2 saturated carbocycles. The Bertz CT molecular complexity index is 765. The van der Waals surface area contributed by atoms with Crippen molar-refractivity contribution in [2.45, 2.75) is 97.0 Å². The lowest BCUT2D eigenvalue weighted by Gasteiger charge is -2.37. The van der Waals surface area contributed by atoms with Gasteiger partial charge in [-0.05, 0) is 93.0 Å². The predicted molar refractivity (Wildman–Crippen MR) is 133 cm³/mol. The Balaban J connectivity index is 1.36. The molecule has 2 fully saturated rings. The second-order valence-corrected chi connectivity index (χ2v) is 10.2. The van der Waals surface area contributed by atoms with E-state index in [0.29, 0.717) is 16.9 Å². The van der Waals surface area contributed by atoms with Crippen LogP contribution in [0.1, 0.15) is 101 Å². The first-order chi connectivity index (χ1) is 16.0. The smallest absolute Gasteiger partial charge is 0.338 e. The molecule has 33 heavy (non-hydrogen) atoms. The van der Waals surface area contributed by atoms with Crippen molar-refractivity contribution in [1.82, 2.24) is 0 Å². The predicted octanol–water partition coefficient (Wildman–Crippen LogP) is 7.31. The molecule has 182 valence electrons. The lowest BCUT2D eigenvalue weighted by molar-refractivity contribution is -0.117. The molecule has 0 aromatic heterocycles. The third-order valence-electron chi connectivity index (χ3n) is 7.70. The highest BCUT2D eigenvalue weighted by Crippen LogP contribution is 2.41. The Morgan fingerprint density at radius 3 is 2.09 bits per heavy atom. The first-order valence-corrected chi connectivity index (χ1v) is 13.1. The van der Waals surface area contributed by atoms with Crippen LogP contribution < -0.4 is 4.74 Å². The quantitative estimate of drug-likeness (QED) is 0.200. The third kappa shape index (κ3) is 8.01. The van der Waals surface area contributed by atoms with Crippen molar-refractivity contribution in [3.8, 4) is 5.75 Å². The summed E-state index contributed by atoms with van der Waals surface area (Å²) < 4.78 is 11.3. The average Bonchev–Trinajstić information content (AvgIpc) is 2.84. The molecule has 1 aromatic rings.